The van der Waals surface area contributed by atoms with Crippen molar-refractivity contribution in [2.45, 2.75) is 68.3 Å². The maximum absolute atomic E-state index is 13.6. The number of sulfonamides is 1. The summed E-state index contributed by atoms with van der Waals surface area (Å²) >= 11 is 0. The van der Waals surface area contributed by atoms with Gasteiger partial charge in [-0.25, -0.2) is 12.8 Å². The van der Waals surface area contributed by atoms with Gasteiger partial charge in [0.25, 0.3) is 0 Å². The van der Waals surface area contributed by atoms with Crippen LogP contribution in [0.2, 0.25) is 0 Å². The van der Waals surface area contributed by atoms with Gasteiger partial charge < -0.3 is 10.6 Å². The van der Waals surface area contributed by atoms with E-state index in [1.807, 2.05) is 0 Å². The molecule has 0 aromatic heterocycles. The van der Waals surface area contributed by atoms with E-state index >= 15 is 0 Å². The van der Waals surface area contributed by atoms with Gasteiger partial charge in [-0.1, -0.05) is 12.8 Å². The molecule has 0 atom stereocenters. The van der Waals surface area contributed by atoms with E-state index in [1.54, 1.807) is 6.92 Å². The first kappa shape index (κ1) is 20.8. The lowest BCUT2D eigenvalue weighted by atomic mass is 9.86. The van der Waals surface area contributed by atoms with Gasteiger partial charge in [0.1, 0.15) is 11.7 Å². The number of nitrogens with zero attached hydrogens (tertiary/aromatic N) is 2. The highest BCUT2D eigenvalue weighted by atomic mass is 32.2. The molecule has 1 saturated heterocycles. The molecule has 0 amide bonds. The van der Waals surface area contributed by atoms with Crippen LogP contribution in [-0.2, 0) is 10.0 Å². The number of benzene rings is 1. The van der Waals surface area contributed by atoms with Crippen LogP contribution in [0.3, 0.4) is 0 Å². The zero-order chi connectivity index (χ0) is 20.5. The molecular formula is C21H31FN4O2S. The van der Waals surface area contributed by atoms with E-state index in [4.69, 9.17) is 4.99 Å². The van der Waals surface area contributed by atoms with Gasteiger partial charge in [0, 0.05) is 25.7 Å². The third-order valence-corrected chi connectivity index (χ3v) is 8.46. The lowest BCUT2D eigenvalue weighted by molar-refractivity contribution is 0.247. The summed E-state index contributed by atoms with van der Waals surface area (Å²) < 4.78 is 41.3. The quantitative estimate of drug-likeness (QED) is 0.785. The Bertz CT molecular complexity index is 873. The van der Waals surface area contributed by atoms with E-state index in [0.717, 1.165) is 25.3 Å². The van der Waals surface area contributed by atoms with E-state index in [2.05, 4.69) is 10.6 Å². The number of rotatable bonds is 3. The van der Waals surface area contributed by atoms with Crippen LogP contribution in [0.15, 0.2) is 28.1 Å². The first-order chi connectivity index (χ1) is 13.9. The van der Waals surface area contributed by atoms with Gasteiger partial charge in [-0.3, -0.25) is 4.99 Å². The Morgan fingerprint density at radius 2 is 1.93 bits per heavy atom. The minimum atomic E-state index is -3.63. The van der Waals surface area contributed by atoms with E-state index in [9.17, 15) is 12.8 Å². The second-order valence-electron chi connectivity index (χ2n) is 8.53. The summed E-state index contributed by atoms with van der Waals surface area (Å²) in [5.41, 5.74) is 0.0734. The molecule has 1 aromatic rings. The topological polar surface area (TPSA) is 73.8 Å². The molecule has 0 bridgehead atoms. The normalized spacial score (nSPS) is 23.7. The molecule has 29 heavy (non-hydrogen) atoms. The predicted molar refractivity (Wildman–Crippen MR) is 112 cm³/mol. The fourth-order valence-corrected chi connectivity index (χ4v) is 6.26. The number of hydrogen-bond acceptors (Lipinski definition) is 5. The molecule has 2 heterocycles. The molecule has 3 aliphatic rings. The molecule has 1 spiro atoms. The van der Waals surface area contributed by atoms with Gasteiger partial charge >= 0.3 is 0 Å². The van der Waals surface area contributed by atoms with Crippen molar-refractivity contribution in [3.05, 3.63) is 29.6 Å². The molecule has 1 aliphatic carbocycles. The SMILES string of the molecule is Cc1cc(S(=O)(=O)N2CCC3(CC2)NCCCN=C3NC2CCCC2)ccc1F. The fraction of sp³-hybridized carbons (Fsp3) is 0.667. The van der Waals surface area contributed by atoms with Crippen molar-refractivity contribution < 1.29 is 12.8 Å². The van der Waals surface area contributed by atoms with Crippen LogP contribution in [0.5, 0.6) is 0 Å². The number of aryl methyl sites for hydroxylation is 1. The Hall–Kier alpha value is -1.51. The van der Waals surface area contributed by atoms with Crippen LogP contribution in [0, 0.1) is 12.7 Å². The molecule has 6 nitrogen and oxygen atoms in total. The van der Waals surface area contributed by atoms with Crippen LogP contribution >= 0.6 is 0 Å². The average molecular weight is 423 g/mol. The van der Waals surface area contributed by atoms with Gasteiger partial charge in [-0.15, -0.1) is 0 Å². The largest absolute Gasteiger partial charge is 0.370 e. The van der Waals surface area contributed by atoms with Gasteiger partial charge in [0.15, 0.2) is 0 Å². The number of amidine groups is 1. The molecule has 1 aromatic carbocycles. The summed E-state index contributed by atoms with van der Waals surface area (Å²) in [5.74, 6) is 0.639. The smallest absolute Gasteiger partial charge is 0.243 e. The molecule has 2 fully saturated rings. The molecule has 0 unspecified atom stereocenters. The van der Waals surface area contributed by atoms with E-state index in [1.165, 1.54) is 48.2 Å². The van der Waals surface area contributed by atoms with Crippen molar-refractivity contribution in [2.75, 3.05) is 26.2 Å². The summed E-state index contributed by atoms with van der Waals surface area (Å²) in [6, 6.07) is 4.50. The Labute approximate surface area is 173 Å². The third kappa shape index (κ3) is 4.20. The van der Waals surface area contributed by atoms with Crippen molar-refractivity contribution in [3.63, 3.8) is 0 Å². The summed E-state index contributed by atoms with van der Waals surface area (Å²) in [6.07, 6.45) is 7.24. The zero-order valence-electron chi connectivity index (χ0n) is 17.1. The second kappa shape index (κ2) is 8.32. The molecule has 8 heteroatoms. The molecule has 0 radical (unpaired) electrons. The van der Waals surface area contributed by atoms with E-state index in [0.29, 0.717) is 37.5 Å². The maximum Gasteiger partial charge on any atom is 0.243 e. The summed E-state index contributed by atoms with van der Waals surface area (Å²) in [4.78, 5) is 5.03. The standard InChI is InChI=1S/C21H31FN4O2S/c1-16-15-18(7-8-19(16)22)29(27,28)26-13-9-21(10-14-26)20(23-11-4-12-24-21)25-17-5-2-3-6-17/h7-8,15,17,24H,2-6,9-14H2,1H3,(H,23,25). The van der Waals surface area contributed by atoms with Crippen LogP contribution < -0.4 is 10.6 Å². The Balaban J connectivity index is 1.50. The van der Waals surface area contributed by atoms with Gasteiger partial charge in [-0.05, 0) is 69.3 Å². The molecular weight excluding hydrogens is 391 g/mol. The Morgan fingerprint density at radius 3 is 2.62 bits per heavy atom. The lowest BCUT2D eigenvalue weighted by Crippen LogP contribution is -2.63. The fourth-order valence-electron chi connectivity index (χ4n) is 4.73. The Kier molecular flexibility index (Phi) is 5.95. The average Bonchev–Trinajstić information content (AvgIpc) is 3.15. The minimum Gasteiger partial charge on any atom is -0.370 e. The van der Waals surface area contributed by atoms with Crippen molar-refractivity contribution in [3.8, 4) is 0 Å². The van der Waals surface area contributed by atoms with Crippen LogP contribution in [0.1, 0.15) is 50.5 Å². The molecule has 4 rings (SSSR count). The lowest BCUT2D eigenvalue weighted by Gasteiger charge is -2.43. The summed E-state index contributed by atoms with van der Waals surface area (Å²) in [6.45, 7) is 4.14. The van der Waals surface area contributed by atoms with E-state index in [-0.39, 0.29) is 16.3 Å². The number of nitrogens with one attached hydrogen (secondary N) is 2. The number of piperidine rings is 1. The van der Waals surface area contributed by atoms with Crippen LogP contribution in [0.25, 0.3) is 0 Å². The van der Waals surface area contributed by atoms with Crippen molar-refractivity contribution in [1.29, 1.82) is 0 Å². The molecule has 2 aliphatic heterocycles. The highest BCUT2D eigenvalue weighted by molar-refractivity contribution is 7.89. The molecule has 160 valence electrons. The maximum atomic E-state index is 13.6. The van der Waals surface area contributed by atoms with Crippen LogP contribution in [0.4, 0.5) is 4.39 Å². The third-order valence-electron chi connectivity index (χ3n) is 6.56. The highest BCUT2D eigenvalue weighted by Crippen LogP contribution is 2.30. The second-order valence-corrected chi connectivity index (χ2v) is 10.5. The summed E-state index contributed by atoms with van der Waals surface area (Å²) in [7, 11) is -3.63. The molecule has 1 saturated carbocycles. The minimum absolute atomic E-state index is 0.166. The van der Waals surface area contributed by atoms with Crippen molar-refractivity contribution >= 4 is 15.9 Å². The number of hydrogen-bond donors (Lipinski definition) is 2. The first-order valence-electron chi connectivity index (χ1n) is 10.7. The zero-order valence-corrected chi connectivity index (χ0v) is 17.9. The monoisotopic (exact) mass is 422 g/mol. The Morgan fingerprint density at radius 1 is 1.21 bits per heavy atom. The van der Waals surface area contributed by atoms with Crippen molar-refractivity contribution in [2.24, 2.45) is 4.99 Å². The van der Waals surface area contributed by atoms with Gasteiger partial charge in [0.05, 0.1) is 10.4 Å². The van der Waals surface area contributed by atoms with E-state index < -0.39 is 10.0 Å². The number of halogens is 1. The number of aliphatic imine (C=N–C) groups is 1. The molecule has 2 N–H and O–H groups in total. The first-order valence-corrected chi connectivity index (χ1v) is 12.2. The highest BCUT2D eigenvalue weighted by Gasteiger charge is 2.43. The van der Waals surface area contributed by atoms with Crippen molar-refractivity contribution in [1.82, 2.24) is 14.9 Å². The predicted octanol–water partition coefficient (Wildman–Crippen LogP) is 2.58. The van der Waals surface area contributed by atoms with Gasteiger partial charge in [0.2, 0.25) is 10.0 Å². The van der Waals surface area contributed by atoms with Gasteiger partial charge in [-0.2, -0.15) is 4.31 Å². The van der Waals surface area contributed by atoms with Crippen LogP contribution in [-0.4, -0.2) is 56.3 Å². The summed E-state index contributed by atoms with van der Waals surface area (Å²) in [5, 5.41) is 7.38.